The standard InChI is InChI=1S/C51H36N2/c1-51(2)42-27-13-12-26-40(42)49-35-21-7-6-20-34(35)41(32-43(49)51)48-36-22-8-10-24-38(36)50(39-25-11-9-23-37(39)48)53-46-30-16-14-28-44(46)52(33-18-4-3-5-19-33)45-29-15-17-31-47(45)53/h3-32H,1-2H3. The lowest BCUT2D eigenvalue weighted by atomic mass is 9.79. The smallest absolute Gasteiger partial charge is 0.0703 e. The van der Waals surface area contributed by atoms with Crippen LogP contribution in [0.25, 0.3) is 54.6 Å². The van der Waals surface area contributed by atoms with E-state index in [1.807, 2.05) is 0 Å². The van der Waals surface area contributed by atoms with E-state index in [0.29, 0.717) is 0 Å². The third-order valence-corrected chi connectivity index (χ3v) is 11.7. The highest BCUT2D eigenvalue weighted by Crippen LogP contribution is 2.58. The highest BCUT2D eigenvalue weighted by Gasteiger charge is 2.38. The summed E-state index contributed by atoms with van der Waals surface area (Å²) in [6, 6.07) is 67.1. The van der Waals surface area contributed by atoms with E-state index >= 15 is 0 Å². The Hall–Kier alpha value is -6.64. The third kappa shape index (κ3) is 4.15. The molecular formula is C51H36N2. The predicted octanol–water partition coefficient (Wildman–Crippen LogP) is 14.4. The molecule has 0 atom stereocenters. The SMILES string of the molecule is CC1(C)c2ccccc2-c2c1cc(-c1c3ccccc3c(N3c4ccccc4N(c4ccccc4)c4ccccc43)c3ccccc13)c1ccccc21. The van der Waals surface area contributed by atoms with Gasteiger partial charge in [-0.1, -0.05) is 153 Å². The van der Waals surface area contributed by atoms with Gasteiger partial charge in [0.2, 0.25) is 0 Å². The molecule has 250 valence electrons. The molecule has 0 unspecified atom stereocenters. The lowest BCUT2D eigenvalue weighted by molar-refractivity contribution is 0.661. The second-order valence-electron chi connectivity index (χ2n) is 14.9. The number of benzene rings is 9. The number of hydrogen-bond donors (Lipinski definition) is 0. The van der Waals surface area contributed by atoms with Crippen LogP contribution in [0.3, 0.4) is 0 Å². The molecule has 0 spiro atoms. The van der Waals surface area contributed by atoms with Crippen molar-refractivity contribution in [1.82, 2.24) is 0 Å². The highest BCUT2D eigenvalue weighted by molar-refractivity contribution is 6.26. The van der Waals surface area contributed by atoms with Gasteiger partial charge in [-0.3, -0.25) is 0 Å². The fourth-order valence-electron chi connectivity index (χ4n) is 9.43. The minimum absolute atomic E-state index is 0.123. The summed E-state index contributed by atoms with van der Waals surface area (Å²) in [4.78, 5) is 4.91. The van der Waals surface area contributed by atoms with Crippen LogP contribution >= 0.6 is 0 Å². The van der Waals surface area contributed by atoms with Crippen LogP contribution in [0, 0.1) is 0 Å². The summed E-state index contributed by atoms with van der Waals surface area (Å²) in [6.07, 6.45) is 0. The zero-order valence-electron chi connectivity index (χ0n) is 29.7. The lowest BCUT2D eigenvalue weighted by Gasteiger charge is -2.41. The first-order chi connectivity index (χ1) is 26.1. The van der Waals surface area contributed by atoms with Crippen molar-refractivity contribution in [2.45, 2.75) is 19.3 Å². The van der Waals surface area contributed by atoms with E-state index in [2.05, 4.69) is 206 Å². The van der Waals surface area contributed by atoms with Crippen molar-refractivity contribution in [3.63, 3.8) is 0 Å². The first-order valence-corrected chi connectivity index (χ1v) is 18.5. The van der Waals surface area contributed by atoms with Crippen molar-refractivity contribution >= 4 is 66.4 Å². The quantitative estimate of drug-likeness (QED) is 0.172. The van der Waals surface area contributed by atoms with E-state index in [1.54, 1.807) is 0 Å². The van der Waals surface area contributed by atoms with Crippen molar-refractivity contribution in [1.29, 1.82) is 0 Å². The molecule has 0 bridgehead atoms. The maximum atomic E-state index is 2.52. The summed E-state index contributed by atoms with van der Waals surface area (Å²) in [5, 5.41) is 7.56. The van der Waals surface area contributed by atoms with Gasteiger partial charge in [-0.15, -0.1) is 0 Å². The minimum atomic E-state index is -0.123. The first kappa shape index (κ1) is 30.0. The molecule has 53 heavy (non-hydrogen) atoms. The average molecular weight is 677 g/mol. The van der Waals surface area contributed by atoms with Gasteiger partial charge >= 0.3 is 0 Å². The fourth-order valence-corrected chi connectivity index (χ4v) is 9.43. The van der Waals surface area contributed by atoms with Crippen LogP contribution < -0.4 is 9.80 Å². The second kappa shape index (κ2) is 11.2. The predicted molar refractivity (Wildman–Crippen MR) is 225 cm³/mol. The molecule has 9 aromatic rings. The molecule has 1 aliphatic carbocycles. The van der Waals surface area contributed by atoms with Crippen molar-refractivity contribution < 1.29 is 0 Å². The Morgan fingerprint density at radius 1 is 0.340 bits per heavy atom. The molecule has 0 fully saturated rings. The molecule has 0 saturated carbocycles. The number of fused-ring (bicyclic) bond motifs is 9. The highest BCUT2D eigenvalue weighted by atomic mass is 15.3. The van der Waals surface area contributed by atoms with E-state index in [-0.39, 0.29) is 5.41 Å². The van der Waals surface area contributed by atoms with Crippen molar-refractivity contribution in [2.24, 2.45) is 0 Å². The van der Waals surface area contributed by atoms with Crippen molar-refractivity contribution in [3.8, 4) is 22.3 Å². The van der Waals surface area contributed by atoms with Crippen LogP contribution in [0.5, 0.6) is 0 Å². The van der Waals surface area contributed by atoms with Gasteiger partial charge in [0.1, 0.15) is 0 Å². The largest absolute Gasteiger partial charge is 0.306 e. The topological polar surface area (TPSA) is 6.48 Å². The summed E-state index contributed by atoms with van der Waals surface area (Å²) in [5.74, 6) is 0. The molecule has 2 aliphatic rings. The monoisotopic (exact) mass is 676 g/mol. The Labute approximate surface area is 309 Å². The van der Waals surface area contributed by atoms with Gasteiger partial charge in [-0.25, -0.2) is 0 Å². The Morgan fingerprint density at radius 3 is 1.36 bits per heavy atom. The molecule has 2 nitrogen and oxygen atoms in total. The van der Waals surface area contributed by atoms with Crippen LogP contribution in [-0.4, -0.2) is 0 Å². The third-order valence-electron chi connectivity index (χ3n) is 11.7. The van der Waals surface area contributed by atoms with Gasteiger partial charge in [0, 0.05) is 21.9 Å². The van der Waals surface area contributed by atoms with Crippen molar-refractivity contribution in [3.05, 3.63) is 193 Å². The Bertz CT molecular complexity index is 2830. The summed E-state index contributed by atoms with van der Waals surface area (Å²) in [7, 11) is 0. The molecular weight excluding hydrogens is 641 g/mol. The summed E-state index contributed by atoms with van der Waals surface area (Å²) >= 11 is 0. The molecule has 0 radical (unpaired) electrons. The van der Waals surface area contributed by atoms with E-state index in [1.165, 1.54) is 71.4 Å². The molecule has 0 amide bonds. The van der Waals surface area contributed by atoms with E-state index < -0.39 is 0 Å². The van der Waals surface area contributed by atoms with E-state index in [9.17, 15) is 0 Å². The Morgan fingerprint density at radius 2 is 0.774 bits per heavy atom. The Kier molecular flexibility index (Phi) is 6.33. The van der Waals surface area contributed by atoms with Gasteiger partial charge < -0.3 is 9.80 Å². The molecule has 0 N–H and O–H groups in total. The van der Waals surface area contributed by atoms with Crippen LogP contribution in [0.1, 0.15) is 25.0 Å². The van der Waals surface area contributed by atoms with Crippen LogP contribution in [0.2, 0.25) is 0 Å². The van der Waals surface area contributed by atoms with Crippen molar-refractivity contribution in [2.75, 3.05) is 9.80 Å². The van der Waals surface area contributed by atoms with Gasteiger partial charge in [0.15, 0.2) is 0 Å². The zero-order valence-corrected chi connectivity index (χ0v) is 29.7. The van der Waals surface area contributed by atoms with Gasteiger partial charge in [-0.2, -0.15) is 0 Å². The minimum Gasteiger partial charge on any atom is -0.306 e. The normalized spacial score (nSPS) is 13.9. The lowest BCUT2D eigenvalue weighted by Crippen LogP contribution is -2.24. The molecule has 1 heterocycles. The summed E-state index contributed by atoms with van der Waals surface area (Å²) < 4.78 is 0. The molecule has 11 rings (SSSR count). The number of hydrogen-bond acceptors (Lipinski definition) is 2. The van der Waals surface area contributed by atoms with Gasteiger partial charge in [0.25, 0.3) is 0 Å². The molecule has 9 aromatic carbocycles. The van der Waals surface area contributed by atoms with Gasteiger partial charge in [-0.05, 0) is 97.4 Å². The summed E-state index contributed by atoms with van der Waals surface area (Å²) in [5.41, 5.74) is 14.9. The summed E-state index contributed by atoms with van der Waals surface area (Å²) in [6.45, 7) is 4.78. The molecule has 2 heteroatoms. The molecule has 1 aliphatic heterocycles. The number of para-hydroxylation sites is 5. The number of nitrogens with zero attached hydrogens (tertiary/aromatic N) is 2. The van der Waals surface area contributed by atoms with Crippen LogP contribution in [-0.2, 0) is 5.41 Å². The maximum Gasteiger partial charge on any atom is 0.0703 e. The average Bonchev–Trinajstić information content (AvgIpc) is 3.45. The number of rotatable bonds is 3. The molecule has 0 aromatic heterocycles. The maximum absolute atomic E-state index is 2.52. The van der Waals surface area contributed by atoms with E-state index in [0.717, 1.165) is 28.4 Å². The van der Waals surface area contributed by atoms with E-state index in [4.69, 9.17) is 0 Å². The van der Waals surface area contributed by atoms with Gasteiger partial charge in [0.05, 0.1) is 28.4 Å². The fraction of sp³-hybridized carbons (Fsp3) is 0.0588. The molecule has 0 saturated heterocycles. The van der Waals surface area contributed by atoms with Crippen LogP contribution in [0.4, 0.5) is 34.1 Å². The number of anilines is 6. The van der Waals surface area contributed by atoms with Crippen LogP contribution in [0.15, 0.2) is 182 Å². The Balaban J connectivity index is 1.25. The zero-order chi connectivity index (χ0) is 35.3. The second-order valence-corrected chi connectivity index (χ2v) is 14.9. The first-order valence-electron chi connectivity index (χ1n) is 18.5.